The van der Waals surface area contributed by atoms with E-state index < -0.39 is 0 Å². The lowest BCUT2D eigenvalue weighted by atomic mass is 10.2. The summed E-state index contributed by atoms with van der Waals surface area (Å²) in [4.78, 5) is 7.28. The Morgan fingerprint density at radius 1 is 1.60 bits per heavy atom. The minimum absolute atomic E-state index is 0.422. The molecule has 0 fully saturated rings. The number of aromatic amines is 1. The molecule has 0 radical (unpaired) electrons. The molecule has 0 amide bonds. The predicted molar refractivity (Wildman–Crippen MR) is 63.0 cm³/mol. The summed E-state index contributed by atoms with van der Waals surface area (Å²) in [5, 5.41) is 7.77. The number of thiophene rings is 1. The van der Waals surface area contributed by atoms with Gasteiger partial charge in [-0.05, 0) is 29.3 Å². The molecule has 0 aromatic carbocycles. The fourth-order valence-electron chi connectivity index (χ4n) is 1.48. The topological polar surface area (TPSA) is 40.7 Å². The normalized spacial score (nSPS) is 12.9. The SMILES string of the molecule is CC(NCCc1ncc[nH]1)c1ccsc1. The van der Waals surface area contributed by atoms with Gasteiger partial charge in [-0.15, -0.1) is 0 Å². The smallest absolute Gasteiger partial charge is 0.107 e. The van der Waals surface area contributed by atoms with Crippen molar-refractivity contribution in [2.24, 2.45) is 0 Å². The van der Waals surface area contributed by atoms with Crippen molar-refractivity contribution in [1.82, 2.24) is 15.3 Å². The molecule has 2 rings (SSSR count). The Bertz CT molecular complexity index is 366. The first-order valence-electron chi connectivity index (χ1n) is 5.10. The van der Waals surface area contributed by atoms with Crippen LogP contribution in [0.2, 0.25) is 0 Å². The zero-order valence-electron chi connectivity index (χ0n) is 8.73. The number of nitrogens with zero attached hydrogens (tertiary/aromatic N) is 1. The summed E-state index contributed by atoms with van der Waals surface area (Å²) in [5.74, 6) is 1.04. The van der Waals surface area contributed by atoms with Crippen molar-refractivity contribution < 1.29 is 0 Å². The van der Waals surface area contributed by atoms with Crippen molar-refractivity contribution in [3.8, 4) is 0 Å². The van der Waals surface area contributed by atoms with Crippen molar-refractivity contribution >= 4 is 11.3 Å². The molecular weight excluding hydrogens is 206 g/mol. The van der Waals surface area contributed by atoms with Crippen LogP contribution in [0.3, 0.4) is 0 Å². The number of rotatable bonds is 5. The quantitative estimate of drug-likeness (QED) is 0.813. The van der Waals surface area contributed by atoms with E-state index in [0.717, 1.165) is 18.8 Å². The van der Waals surface area contributed by atoms with Gasteiger partial charge in [0.05, 0.1) is 0 Å². The highest BCUT2D eigenvalue weighted by Gasteiger charge is 2.04. The maximum atomic E-state index is 4.18. The molecule has 0 spiro atoms. The lowest BCUT2D eigenvalue weighted by Gasteiger charge is -2.11. The molecular formula is C11H15N3S. The number of hydrogen-bond donors (Lipinski definition) is 2. The van der Waals surface area contributed by atoms with Crippen LogP contribution in [0.1, 0.15) is 24.4 Å². The Hall–Kier alpha value is -1.13. The first kappa shape index (κ1) is 10.4. The van der Waals surface area contributed by atoms with Crippen LogP contribution in [0.25, 0.3) is 0 Å². The average Bonchev–Trinajstić information content (AvgIpc) is 2.90. The maximum Gasteiger partial charge on any atom is 0.107 e. The fourth-order valence-corrected chi connectivity index (χ4v) is 2.24. The van der Waals surface area contributed by atoms with Gasteiger partial charge in [0.15, 0.2) is 0 Å². The highest BCUT2D eigenvalue weighted by molar-refractivity contribution is 7.07. The third-order valence-electron chi connectivity index (χ3n) is 2.41. The molecule has 2 heterocycles. The molecule has 1 atom stereocenters. The number of aromatic nitrogens is 2. The predicted octanol–water partition coefficient (Wildman–Crippen LogP) is 2.36. The van der Waals surface area contributed by atoms with Crippen molar-refractivity contribution in [1.29, 1.82) is 0 Å². The first-order valence-corrected chi connectivity index (χ1v) is 6.04. The second-order valence-electron chi connectivity index (χ2n) is 3.52. The van der Waals surface area contributed by atoms with Crippen molar-refractivity contribution in [2.75, 3.05) is 6.54 Å². The van der Waals surface area contributed by atoms with Crippen LogP contribution in [0, 0.1) is 0 Å². The summed E-state index contributed by atoms with van der Waals surface area (Å²) in [6.07, 6.45) is 4.59. The van der Waals surface area contributed by atoms with Gasteiger partial charge in [0.25, 0.3) is 0 Å². The molecule has 4 heteroatoms. The molecule has 2 aromatic heterocycles. The zero-order chi connectivity index (χ0) is 10.5. The maximum absolute atomic E-state index is 4.18. The van der Waals surface area contributed by atoms with Crippen molar-refractivity contribution in [3.05, 3.63) is 40.6 Å². The molecule has 0 aliphatic heterocycles. The molecule has 2 N–H and O–H groups in total. The van der Waals surface area contributed by atoms with Gasteiger partial charge in [0.1, 0.15) is 5.82 Å². The van der Waals surface area contributed by atoms with Crippen LogP contribution in [-0.4, -0.2) is 16.5 Å². The van der Waals surface area contributed by atoms with Gasteiger partial charge in [0, 0.05) is 31.4 Å². The van der Waals surface area contributed by atoms with E-state index in [0.29, 0.717) is 6.04 Å². The van der Waals surface area contributed by atoms with Crippen LogP contribution < -0.4 is 5.32 Å². The first-order chi connectivity index (χ1) is 7.36. The number of imidazole rings is 1. The summed E-state index contributed by atoms with van der Waals surface area (Å²) in [5.41, 5.74) is 1.36. The van der Waals surface area contributed by atoms with Crippen LogP contribution in [0.5, 0.6) is 0 Å². The van der Waals surface area contributed by atoms with Crippen molar-refractivity contribution in [3.63, 3.8) is 0 Å². The van der Waals surface area contributed by atoms with E-state index >= 15 is 0 Å². The molecule has 2 aromatic rings. The summed E-state index contributed by atoms with van der Waals surface area (Å²) >= 11 is 1.74. The van der Waals surface area contributed by atoms with Gasteiger partial charge in [-0.2, -0.15) is 11.3 Å². The average molecular weight is 221 g/mol. The second kappa shape index (κ2) is 5.09. The number of H-pyrrole nitrogens is 1. The molecule has 3 nitrogen and oxygen atoms in total. The van der Waals surface area contributed by atoms with E-state index in [1.165, 1.54) is 5.56 Å². The Morgan fingerprint density at radius 3 is 3.20 bits per heavy atom. The van der Waals surface area contributed by atoms with Gasteiger partial charge in [0.2, 0.25) is 0 Å². The highest BCUT2D eigenvalue weighted by Crippen LogP contribution is 2.15. The minimum atomic E-state index is 0.422. The van der Waals surface area contributed by atoms with Gasteiger partial charge < -0.3 is 10.3 Å². The van der Waals surface area contributed by atoms with E-state index in [-0.39, 0.29) is 0 Å². The van der Waals surface area contributed by atoms with Crippen LogP contribution in [0.15, 0.2) is 29.2 Å². The summed E-state index contributed by atoms with van der Waals surface area (Å²) in [7, 11) is 0. The Balaban J connectivity index is 1.74. The molecule has 80 valence electrons. The molecule has 0 saturated carbocycles. The van der Waals surface area contributed by atoms with Crippen LogP contribution >= 0.6 is 11.3 Å². The molecule has 0 aliphatic carbocycles. The van der Waals surface area contributed by atoms with Gasteiger partial charge >= 0.3 is 0 Å². The molecule has 1 unspecified atom stereocenters. The molecule has 0 saturated heterocycles. The second-order valence-corrected chi connectivity index (χ2v) is 4.30. The molecule has 0 aliphatic rings. The van der Waals surface area contributed by atoms with Gasteiger partial charge in [-0.3, -0.25) is 0 Å². The van der Waals surface area contributed by atoms with Gasteiger partial charge in [-0.25, -0.2) is 4.98 Å². The van der Waals surface area contributed by atoms with E-state index in [1.54, 1.807) is 17.5 Å². The monoisotopic (exact) mass is 221 g/mol. The Labute approximate surface area is 93.6 Å². The van der Waals surface area contributed by atoms with Crippen LogP contribution in [0.4, 0.5) is 0 Å². The van der Waals surface area contributed by atoms with E-state index in [4.69, 9.17) is 0 Å². The number of nitrogens with one attached hydrogen (secondary N) is 2. The highest BCUT2D eigenvalue weighted by atomic mass is 32.1. The van der Waals surface area contributed by atoms with E-state index in [1.807, 2.05) is 6.20 Å². The van der Waals surface area contributed by atoms with Gasteiger partial charge in [-0.1, -0.05) is 0 Å². The standard InChI is InChI=1S/C11H15N3S/c1-9(10-3-7-15-8-10)12-4-2-11-13-5-6-14-11/h3,5-9,12H,2,4H2,1H3,(H,13,14). The van der Waals surface area contributed by atoms with Crippen LogP contribution in [-0.2, 0) is 6.42 Å². The van der Waals surface area contributed by atoms with Crippen molar-refractivity contribution in [2.45, 2.75) is 19.4 Å². The number of hydrogen-bond acceptors (Lipinski definition) is 3. The fraction of sp³-hybridized carbons (Fsp3) is 0.364. The summed E-state index contributed by atoms with van der Waals surface area (Å²) < 4.78 is 0. The van der Waals surface area contributed by atoms with E-state index in [9.17, 15) is 0 Å². The summed E-state index contributed by atoms with van der Waals surface area (Å²) in [6.45, 7) is 3.13. The Kier molecular flexibility index (Phi) is 3.53. The van der Waals surface area contributed by atoms with E-state index in [2.05, 4.69) is 39.0 Å². The third-order valence-corrected chi connectivity index (χ3v) is 3.11. The molecule has 15 heavy (non-hydrogen) atoms. The lowest BCUT2D eigenvalue weighted by molar-refractivity contribution is 0.572. The largest absolute Gasteiger partial charge is 0.349 e. The Morgan fingerprint density at radius 2 is 2.53 bits per heavy atom. The lowest BCUT2D eigenvalue weighted by Crippen LogP contribution is -2.21. The molecule has 0 bridgehead atoms. The third kappa shape index (κ3) is 2.91. The zero-order valence-corrected chi connectivity index (χ0v) is 9.55. The summed E-state index contributed by atoms with van der Waals surface area (Å²) in [6, 6.07) is 2.58. The minimum Gasteiger partial charge on any atom is -0.349 e.